The molecule has 1 N–H and O–H groups in total. The maximum absolute atomic E-state index is 4.60. The zero-order valence-corrected chi connectivity index (χ0v) is 9.21. The Morgan fingerprint density at radius 2 is 2.43 bits per heavy atom. The van der Waals surface area contributed by atoms with Crippen molar-refractivity contribution in [1.29, 1.82) is 0 Å². The van der Waals surface area contributed by atoms with Gasteiger partial charge < -0.3 is 5.32 Å². The van der Waals surface area contributed by atoms with Gasteiger partial charge in [-0.1, -0.05) is 13.0 Å². The second-order valence-corrected chi connectivity index (χ2v) is 4.67. The van der Waals surface area contributed by atoms with E-state index in [1.807, 2.05) is 6.20 Å². The molecule has 0 radical (unpaired) electrons. The van der Waals surface area contributed by atoms with Gasteiger partial charge in [-0.15, -0.1) is 0 Å². The van der Waals surface area contributed by atoms with Gasteiger partial charge in [-0.05, 0) is 45.1 Å². The lowest BCUT2D eigenvalue weighted by Crippen LogP contribution is -2.57. The van der Waals surface area contributed by atoms with E-state index in [0.717, 1.165) is 19.4 Å². The van der Waals surface area contributed by atoms with Gasteiger partial charge in [0.1, 0.15) is 0 Å². The van der Waals surface area contributed by atoms with Gasteiger partial charge in [-0.25, -0.2) is 0 Å². The smallest absolute Gasteiger partial charge is 0.0566 e. The highest BCUT2D eigenvalue weighted by molar-refractivity contribution is 5.94. The summed E-state index contributed by atoms with van der Waals surface area (Å²) in [7, 11) is 0. The summed E-state index contributed by atoms with van der Waals surface area (Å²) in [5.74, 6) is 0.687. The lowest BCUT2D eigenvalue weighted by Gasteiger charge is -2.41. The van der Waals surface area contributed by atoms with E-state index < -0.39 is 0 Å². The minimum atomic E-state index is 0.156. The summed E-state index contributed by atoms with van der Waals surface area (Å²) < 4.78 is 0. The van der Waals surface area contributed by atoms with Crippen LogP contribution in [0.15, 0.2) is 17.3 Å². The lowest BCUT2D eigenvalue weighted by molar-refractivity contribution is 0.296. The van der Waals surface area contributed by atoms with E-state index in [1.165, 1.54) is 18.6 Å². The van der Waals surface area contributed by atoms with Gasteiger partial charge in [0.2, 0.25) is 0 Å². The van der Waals surface area contributed by atoms with Gasteiger partial charge in [-0.3, -0.25) is 4.99 Å². The molecule has 2 aliphatic heterocycles. The number of nitrogens with zero attached hydrogens (tertiary/aromatic N) is 1. The predicted octanol–water partition coefficient (Wildman–Crippen LogP) is 2.51. The van der Waals surface area contributed by atoms with Crippen molar-refractivity contribution >= 4 is 5.71 Å². The van der Waals surface area contributed by atoms with E-state index in [2.05, 4.69) is 30.2 Å². The van der Waals surface area contributed by atoms with Gasteiger partial charge in [0, 0.05) is 11.9 Å². The molecule has 0 aromatic carbocycles. The Labute approximate surface area is 86.5 Å². The molecular formula is C12H20N2. The maximum Gasteiger partial charge on any atom is 0.0566 e. The number of hydrogen-bond acceptors (Lipinski definition) is 2. The van der Waals surface area contributed by atoms with E-state index >= 15 is 0 Å². The Hall–Kier alpha value is -0.630. The third-order valence-corrected chi connectivity index (χ3v) is 3.77. The standard InChI is InChI=1S/C12H20N2/c1-10-6-3-4-8-13-11-7-5-9-14-12(10,11)2/h4,8,10,14H,3,5-7,9H2,1-2H3/b8-4-,13-11?. The first-order chi connectivity index (χ1) is 6.73. The van der Waals surface area contributed by atoms with Crippen LogP contribution in [0.2, 0.25) is 0 Å². The van der Waals surface area contributed by atoms with E-state index in [1.54, 1.807) is 0 Å². The number of rotatable bonds is 0. The molecule has 0 aliphatic carbocycles. The number of hydrogen-bond donors (Lipinski definition) is 1. The molecule has 2 aliphatic rings. The zero-order chi connectivity index (χ0) is 10.0. The van der Waals surface area contributed by atoms with Crippen LogP contribution in [0.25, 0.3) is 0 Å². The van der Waals surface area contributed by atoms with E-state index in [-0.39, 0.29) is 5.54 Å². The molecule has 14 heavy (non-hydrogen) atoms. The van der Waals surface area contributed by atoms with Crippen LogP contribution < -0.4 is 5.32 Å². The molecule has 0 aromatic rings. The molecular weight excluding hydrogens is 172 g/mol. The molecule has 0 amide bonds. The van der Waals surface area contributed by atoms with E-state index in [9.17, 15) is 0 Å². The van der Waals surface area contributed by atoms with Gasteiger partial charge in [-0.2, -0.15) is 0 Å². The van der Waals surface area contributed by atoms with Gasteiger partial charge in [0.15, 0.2) is 0 Å². The summed E-state index contributed by atoms with van der Waals surface area (Å²) in [5.41, 5.74) is 1.51. The number of allylic oxidation sites excluding steroid dienone is 1. The monoisotopic (exact) mass is 192 g/mol. The maximum atomic E-state index is 4.60. The molecule has 2 unspecified atom stereocenters. The number of piperidine rings is 1. The van der Waals surface area contributed by atoms with Crippen LogP contribution in [0.3, 0.4) is 0 Å². The number of fused-ring (bicyclic) bond motifs is 1. The summed E-state index contributed by atoms with van der Waals surface area (Å²) in [6.07, 6.45) is 9.01. The van der Waals surface area contributed by atoms with Crippen molar-refractivity contribution in [2.24, 2.45) is 10.9 Å². The Morgan fingerprint density at radius 3 is 3.29 bits per heavy atom. The molecule has 2 nitrogen and oxygen atoms in total. The van der Waals surface area contributed by atoms with Gasteiger partial charge >= 0.3 is 0 Å². The van der Waals surface area contributed by atoms with Crippen molar-refractivity contribution in [2.75, 3.05) is 6.54 Å². The highest BCUT2D eigenvalue weighted by atomic mass is 15.0. The molecule has 1 fully saturated rings. The van der Waals surface area contributed by atoms with Crippen LogP contribution in [0.4, 0.5) is 0 Å². The molecule has 0 saturated carbocycles. The molecule has 2 rings (SSSR count). The van der Waals surface area contributed by atoms with Crippen molar-refractivity contribution in [3.8, 4) is 0 Å². The van der Waals surface area contributed by atoms with Crippen LogP contribution in [-0.4, -0.2) is 17.8 Å². The summed E-state index contributed by atoms with van der Waals surface area (Å²) in [5, 5.41) is 3.65. The summed E-state index contributed by atoms with van der Waals surface area (Å²) in [6.45, 7) is 5.80. The minimum Gasteiger partial charge on any atom is -0.306 e. The fraction of sp³-hybridized carbons (Fsp3) is 0.750. The minimum absolute atomic E-state index is 0.156. The molecule has 2 heterocycles. The quantitative estimate of drug-likeness (QED) is 0.626. The summed E-state index contributed by atoms with van der Waals surface area (Å²) in [4.78, 5) is 4.60. The first-order valence-corrected chi connectivity index (χ1v) is 5.70. The first kappa shape index (κ1) is 9.91. The zero-order valence-electron chi connectivity index (χ0n) is 9.21. The van der Waals surface area contributed by atoms with Crippen molar-refractivity contribution in [2.45, 2.75) is 45.1 Å². The Kier molecular flexibility index (Phi) is 2.73. The Bertz CT molecular complexity index is 267. The average molecular weight is 192 g/mol. The van der Waals surface area contributed by atoms with Crippen molar-refractivity contribution < 1.29 is 0 Å². The largest absolute Gasteiger partial charge is 0.306 e. The molecule has 2 atom stereocenters. The molecule has 1 saturated heterocycles. The van der Waals surface area contributed by atoms with Gasteiger partial charge in [0.25, 0.3) is 0 Å². The fourth-order valence-corrected chi connectivity index (χ4v) is 2.47. The Morgan fingerprint density at radius 1 is 1.57 bits per heavy atom. The number of aliphatic imine (C=N–C) groups is 1. The van der Waals surface area contributed by atoms with Crippen LogP contribution in [0.1, 0.15) is 39.5 Å². The third-order valence-electron chi connectivity index (χ3n) is 3.77. The predicted molar refractivity (Wildman–Crippen MR) is 60.6 cm³/mol. The van der Waals surface area contributed by atoms with Crippen molar-refractivity contribution in [3.63, 3.8) is 0 Å². The molecule has 0 aromatic heterocycles. The third kappa shape index (κ3) is 1.63. The van der Waals surface area contributed by atoms with Crippen LogP contribution in [-0.2, 0) is 0 Å². The van der Waals surface area contributed by atoms with Crippen LogP contribution in [0, 0.1) is 5.92 Å². The van der Waals surface area contributed by atoms with Crippen molar-refractivity contribution in [1.82, 2.24) is 5.32 Å². The lowest BCUT2D eigenvalue weighted by atomic mass is 9.76. The normalized spacial score (nSPS) is 40.4. The second kappa shape index (κ2) is 3.85. The number of nitrogens with one attached hydrogen (secondary N) is 1. The Balaban J connectivity index is 2.31. The molecule has 0 spiro atoms. The second-order valence-electron chi connectivity index (χ2n) is 4.67. The molecule has 78 valence electrons. The molecule has 2 heteroatoms. The highest BCUT2D eigenvalue weighted by Gasteiger charge is 2.37. The van der Waals surface area contributed by atoms with Crippen molar-refractivity contribution in [3.05, 3.63) is 12.3 Å². The van der Waals surface area contributed by atoms with E-state index in [4.69, 9.17) is 0 Å². The van der Waals surface area contributed by atoms with Crippen LogP contribution in [0.5, 0.6) is 0 Å². The highest BCUT2D eigenvalue weighted by Crippen LogP contribution is 2.29. The van der Waals surface area contributed by atoms with Crippen LogP contribution >= 0.6 is 0 Å². The van der Waals surface area contributed by atoms with Gasteiger partial charge in [0.05, 0.1) is 5.54 Å². The molecule has 0 bridgehead atoms. The average Bonchev–Trinajstić information content (AvgIpc) is 2.17. The SMILES string of the molecule is CC1CC/C=C\N=C2CCCNC21C. The topological polar surface area (TPSA) is 24.4 Å². The summed E-state index contributed by atoms with van der Waals surface area (Å²) >= 11 is 0. The fourth-order valence-electron chi connectivity index (χ4n) is 2.47. The van der Waals surface area contributed by atoms with E-state index in [0.29, 0.717) is 5.92 Å². The first-order valence-electron chi connectivity index (χ1n) is 5.70. The summed E-state index contributed by atoms with van der Waals surface area (Å²) in [6, 6.07) is 0.